The van der Waals surface area contributed by atoms with Crippen molar-refractivity contribution in [2.24, 2.45) is 5.92 Å². The first-order chi connectivity index (χ1) is 9.13. The van der Waals surface area contributed by atoms with Crippen LogP contribution in [0.15, 0.2) is 12.1 Å². The van der Waals surface area contributed by atoms with E-state index in [-0.39, 0.29) is 0 Å². The zero-order valence-corrected chi connectivity index (χ0v) is 13.3. The second-order valence-electron chi connectivity index (χ2n) is 6.11. The highest BCUT2D eigenvalue weighted by molar-refractivity contribution is 7.11. The molecule has 2 atom stereocenters. The fourth-order valence-corrected chi connectivity index (χ4v) is 3.52. The molecular weight excluding hydrogens is 254 g/mol. The van der Waals surface area contributed by atoms with Crippen molar-refractivity contribution in [1.29, 1.82) is 0 Å². The van der Waals surface area contributed by atoms with E-state index in [1.54, 1.807) is 0 Å². The average molecular weight is 281 g/mol. The summed E-state index contributed by atoms with van der Waals surface area (Å²) in [6.45, 7) is 8.48. The van der Waals surface area contributed by atoms with Crippen LogP contribution < -0.4 is 5.32 Å². The fourth-order valence-electron chi connectivity index (χ4n) is 2.63. The molecular formula is C16H27NOS. The van der Waals surface area contributed by atoms with Gasteiger partial charge in [-0.3, -0.25) is 0 Å². The highest BCUT2D eigenvalue weighted by atomic mass is 32.1. The summed E-state index contributed by atoms with van der Waals surface area (Å²) < 4.78 is 6.07. The van der Waals surface area contributed by atoms with E-state index in [1.807, 2.05) is 11.3 Å². The maximum atomic E-state index is 6.07. The summed E-state index contributed by atoms with van der Waals surface area (Å²) in [5.74, 6) is 0.841. The third-order valence-corrected chi connectivity index (χ3v) is 4.81. The van der Waals surface area contributed by atoms with Crippen LogP contribution in [0.2, 0.25) is 0 Å². The molecule has 1 heterocycles. The highest BCUT2D eigenvalue weighted by Crippen LogP contribution is 2.27. The Hall–Kier alpha value is -0.380. The van der Waals surface area contributed by atoms with Gasteiger partial charge < -0.3 is 10.1 Å². The molecule has 2 nitrogen and oxygen atoms in total. The lowest BCUT2D eigenvalue weighted by atomic mass is 9.89. The molecule has 2 rings (SSSR count). The van der Waals surface area contributed by atoms with Crippen LogP contribution in [0.5, 0.6) is 0 Å². The van der Waals surface area contributed by atoms with Gasteiger partial charge in [-0.05, 0) is 30.9 Å². The summed E-state index contributed by atoms with van der Waals surface area (Å²) in [6.07, 6.45) is 5.69. The first kappa shape index (κ1) is 15.0. The van der Waals surface area contributed by atoms with Gasteiger partial charge in [0, 0.05) is 22.3 Å². The van der Waals surface area contributed by atoms with E-state index in [2.05, 4.69) is 38.2 Å². The molecule has 2 unspecified atom stereocenters. The predicted octanol–water partition coefficient (Wildman–Crippen LogP) is 4.34. The Kier molecular flexibility index (Phi) is 5.86. The Labute approximate surface area is 121 Å². The normalized spacial score (nSPS) is 24.0. The minimum atomic E-state index is 0.489. The van der Waals surface area contributed by atoms with Crippen LogP contribution in [0.25, 0.3) is 0 Å². The van der Waals surface area contributed by atoms with Crippen molar-refractivity contribution in [3.8, 4) is 0 Å². The Balaban J connectivity index is 1.73. The zero-order chi connectivity index (χ0) is 13.7. The van der Waals surface area contributed by atoms with Gasteiger partial charge in [-0.15, -0.1) is 11.3 Å². The SMILES string of the molecule is CC1CCCC(OCc2ccc(CNC(C)C)s2)C1. The second kappa shape index (κ2) is 7.41. The zero-order valence-electron chi connectivity index (χ0n) is 12.4. The quantitative estimate of drug-likeness (QED) is 0.837. The number of thiophene rings is 1. The van der Waals surface area contributed by atoms with Gasteiger partial charge >= 0.3 is 0 Å². The molecule has 0 amide bonds. The summed E-state index contributed by atoms with van der Waals surface area (Å²) in [5, 5.41) is 3.46. The van der Waals surface area contributed by atoms with Crippen molar-refractivity contribution >= 4 is 11.3 Å². The molecule has 19 heavy (non-hydrogen) atoms. The van der Waals surface area contributed by atoms with Crippen molar-refractivity contribution in [2.45, 2.75) is 71.8 Å². The van der Waals surface area contributed by atoms with Crippen LogP contribution in [-0.2, 0) is 17.9 Å². The lowest BCUT2D eigenvalue weighted by molar-refractivity contribution is 0.00591. The van der Waals surface area contributed by atoms with Gasteiger partial charge in [-0.2, -0.15) is 0 Å². The van der Waals surface area contributed by atoms with Gasteiger partial charge in [0.15, 0.2) is 0 Å². The van der Waals surface area contributed by atoms with Crippen LogP contribution in [0.4, 0.5) is 0 Å². The number of nitrogens with one attached hydrogen (secondary N) is 1. The van der Waals surface area contributed by atoms with E-state index < -0.39 is 0 Å². The van der Waals surface area contributed by atoms with E-state index in [0.29, 0.717) is 12.1 Å². The van der Waals surface area contributed by atoms with Crippen LogP contribution in [-0.4, -0.2) is 12.1 Å². The summed E-state index contributed by atoms with van der Waals surface area (Å²) in [6, 6.07) is 4.99. The highest BCUT2D eigenvalue weighted by Gasteiger charge is 2.19. The minimum Gasteiger partial charge on any atom is -0.373 e. The summed E-state index contributed by atoms with van der Waals surface area (Å²) in [7, 11) is 0. The topological polar surface area (TPSA) is 21.3 Å². The Morgan fingerprint density at radius 1 is 1.32 bits per heavy atom. The Morgan fingerprint density at radius 3 is 2.84 bits per heavy atom. The predicted molar refractivity (Wildman–Crippen MR) is 82.5 cm³/mol. The Morgan fingerprint density at radius 2 is 2.11 bits per heavy atom. The van der Waals surface area contributed by atoms with E-state index in [4.69, 9.17) is 4.74 Å². The third-order valence-electron chi connectivity index (χ3n) is 3.75. The van der Waals surface area contributed by atoms with Crippen molar-refractivity contribution < 1.29 is 4.74 Å². The minimum absolute atomic E-state index is 0.489. The lowest BCUT2D eigenvalue weighted by Crippen LogP contribution is -2.21. The summed E-state index contributed by atoms with van der Waals surface area (Å²) >= 11 is 1.88. The van der Waals surface area contributed by atoms with E-state index in [9.17, 15) is 0 Å². The van der Waals surface area contributed by atoms with Gasteiger partial charge in [0.2, 0.25) is 0 Å². The fraction of sp³-hybridized carbons (Fsp3) is 0.750. The van der Waals surface area contributed by atoms with Crippen LogP contribution in [0.1, 0.15) is 56.2 Å². The van der Waals surface area contributed by atoms with Crippen LogP contribution >= 0.6 is 11.3 Å². The van der Waals surface area contributed by atoms with Gasteiger partial charge in [0.25, 0.3) is 0 Å². The first-order valence-corrected chi connectivity index (χ1v) is 8.37. The summed E-state index contributed by atoms with van der Waals surface area (Å²) in [5.41, 5.74) is 0. The van der Waals surface area contributed by atoms with Crippen molar-refractivity contribution in [1.82, 2.24) is 5.32 Å². The van der Waals surface area contributed by atoms with Crippen molar-refractivity contribution in [3.63, 3.8) is 0 Å². The van der Waals surface area contributed by atoms with E-state index >= 15 is 0 Å². The molecule has 0 radical (unpaired) electrons. The molecule has 1 aromatic heterocycles. The van der Waals surface area contributed by atoms with Gasteiger partial charge in [0.1, 0.15) is 0 Å². The molecule has 0 bridgehead atoms. The molecule has 1 aromatic rings. The van der Waals surface area contributed by atoms with Gasteiger partial charge in [0.05, 0.1) is 12.7 Å². The maximum absolute atomic E-state index is 6.07. The monoisotopic (exact) mass is 281 g/mol. The molecule has 3 heteroatoms. The average Bonchev–Trinajstić information content (AvgIpc) is 2.82. The molecule has 1 aliphatic carbocycles. The molecule has 0 aliphatic heterocycles. The number of rotatable bonds is 6. The largest absolute Gasteiger partial charge is 0.373 e. The van der Waals surface area contributed by atoms with Crippen LogP contribution in [0, 0.1) is 5.92 Å². The van der Waals surface area contributed by atoms with Crippen molar-refractivity contribution in [3.05, 3.63) is 21.9 Å². The van der Waals surface area contributed by atoms with Gasteiger partial charge in [-0.25, -0.2) is 0 Å². The van der Waals surface area contributed by atoms with E-state index in [1.165, 1.54) is 35.4 Å². The third kappa shape index (κ3) is 5.25. The van der Waals surface area contributed by atoms with Gasteiger partial charge in [-0.1, -0.05) is 33.6 Å². The molecule has 1 saturated carbocycles. The molecule has 1 fully saturated rings. The molecule has 1 N–H and O–H groups in total. The van der Waals surface area contributed by atoms with E-state index in [0.717, 1.165) is 19.1 Å². The number of hydrogen-bond donors (Lipinski definition) is 1. The van der Waals surface area contributed by atoms with Crippen LogP contribution in [0.3, 0.4) is 0 Å². The number of ether oxygens (including phenoxy) is 1. The first-order valence-electron chi connectivity index (χ1n) is 7.56. The lowest BCUT2D eigenvalue weighted by Gasteiger charge is -2.26. The smallest absolute Gasteiger partial charge is 0.0813 e. The molecule has 0 spiro atoms. The summed E-state index contributed by atoms with van der Waals surface area (Å²) in [4.78, 5) is 2.77. The maximum Gasteiger partial charge on any atom is 0.0813 e. The number of hydrogen-bond acceptors (Lipinski definition) is 3. The standard InChI is InChI=1S/C16H27NOS/c1-12(2)17-10-15-7-8-16(19-15)11-18-14-6-4-5-13(3)9-14/h7-8,12-14,17H,4-6,9-11H2,1-3H3. The Bertz CT molecular complexity index is 375. The van der Waals surface area contributed by atoms with Crippen molar-refractivity contribution in [2.75, 3.05) is 0 Å². The molecule has 1 aliphatic rings. The molecule has 0 aromatic carbocycles. The molecule has 108 valence electrons. The second-order valence-corrected chi connectivity index (χ2v) is 7.36. The molecule has 0 saturated heterocycles.